The third-order valence-electron chi connectivity index (χ3n) is 3.20. The summed E-state index contributed by atoms with van der Waals surface area (Å²) in [6.45, 7) is 2.67. The molecule has 0 bridgehead atoms. The first kappa shape index (κ1) is 13.5. The van der Waals surface area contributed by atoms with E-state index in [-0.39, 0.29) is 0 Å². The second-order valence-electron chi connectivity index (χ2n) is 4.76. The Morgan fingerprint density at radius 2 is 2.10 bits per heavy atom. The molecule has 6 nitrogen and oxygen atoms in total. The third kappa shape index (κ3) is 3.55. The predicted octanol–water partition coefficient (Wildman–Crippen LogP) is 1.72. The maximum absolute atomic E-state index is 4.34. The number of hydrogen-bond acceptors (Lipinski definition) is 5. The summed E-state index contributed by atoms with van der Waals surface area (Å²) in [5.41, 5.74) is 2.21. The van der Waals surface area contributed by atoms with Gasteiger partial charge in [-0.15, -0.1) is 0 Å². The molecule has 3 heterocycles. The summed E-state index contributed by atoms with van der Waals surface area (Å²) >= 11 is 0. The Morgan fingerprint density at radius 3 is 3.00 bits per heavy atom. The molecule has 0 aliphatic carbocycles. The number of aromatic nitrogens is 4. The van der Waals surface area contributed by atoms with E-state index < -0.39 is 0 Å². The van der Waals surface area contributed by atoms with Crippen molar-refractivity contribution in [3.05, 3.63) is 54.7 Å². The minimum absolute atomic E-state index is 0.851. The van der Waals surface area contributed by atoms with E-state index in [1.54, 1.807) is 18.6 Å². The van der Waals surface area contributed by atoms with Crippen molar-refractivity contribution in [1.29, 1.82) is 0 Å². The molecule has 0 amide bonds. The molecule has 3 aromatic rings. The second kappa shape index (κ2) is 6.81. The van der Waals surface area contributed by atoms with Crippen LogP contribution in [0.15, 0.2) is 49.2 Å². The molecule has 2 N–H and O–H groups in total. The molecule has 0 saturated carbocycles. The van der Waals surface area contributed by atoms with Crippen LogP contribution in [0.5, 0.6) is 0 Å². The van der Waals surface area contributed by atoms with E-state index in [1.807, 2.05) is 29.0 Å². The molecule has 108 valence electrons. The van der Waals surface area contributed by atoms with E-state index in [2.05, 4.69) is 31.8 Å². The van der Waals surface area contributed by atoms with Gasteiger partial charge in [0.2, 0.25) is 0 Å². The molecule has 3 rings (SSSR count). The molecule has 0 aliphatic heterocycles. The topological polar surface area (TPSA) is 67.1 Å². The lowest BCUT2D eigenvalue weighted by Gasteiger charge is -2.07. The van der Waals surface area contributed by atoms with Crippen LogP contribution < -0.4 is 10.6 Å². The van der Waals surface area contributed by atoms with Crippen LogP contribution in [0.2, 0.25) is 0 Å². The minimum Gasteiger partial charge on any atom is -0.368 e. The summed E-state index contributed by atoms with van der Waals surface area (Å²) in [6.07, 6.45) is 10.1. The summed E-state index contributed by atoms with van der Waals surface area (Å²) in [5, 5.41) is 10.9. The van der Waals surface area contributed by atoms with Crippen molar-refractivity contribution in [3.8, 4) is 0 Å². The standard InChI is InChI=1S/C15H18N6/c1-3-13(11-16-5-1)12-17-6-2-7-18-15-14-4-8-20-21(14)10-9-19-15/h1,3-5,8-11,17H,2,6-7,12H2,(H,18,19). The van der Waals surface area contributed by atoms with E-state index in [1.165, 1.54) is 5.56 Å². The first-order chi connectivity index (χ1) is 10.4. The molecular formula is C15H18N6. The Labute approximate surface area is 123 Å². The maximum Gasteiger partial charge on any atom is 0.152 e. The van der Waals surface area contributed by atoms with Crippen molar-refractivity contribution in [1.82, 2.24) is 24.9 Å². The Balaban J connectivity index is 1.40. The second-order valence-corrected chi connectivity index (χ2v) is 4.76. The quantitative estimate of drug-likeness (QED) is 0.646. The number of hydrogen-bond donors (Lipinski definition) is 2. The largest absolute Gasteiger partial charge is 0.368 e. The van der Waals surface area contributed by atoms with Crippen molar-refractivity contribution in [2.75, 3.05) is 18.4 Å². The van der Waals surface area contributed by atoms with Gasteiger partial charge in [-0.3, -0.25) is 4.98 Å². The van der Waals surface area contributed by atoms with E-state index >= 15 is 0 Å². The smallest absolute Gasteiger partial charge is 0.152 e. The van der Waals surface area contributed by atoms with Gasteiger partial charge in [-0.2, -0.15) is 5.10 Å². The van der Waals surface area contributed by atoms with Gasteiger partial charge in [0.05, 0.1) is 6.20 Å². The Kier molecular flexibility index (Phi) is 4.38. The van der Waals surface area contributed by atoms with Gasteiger partial charge in [0, 0.05) is 37.9 Å². The zero-order chi connectivity index (χ0) is 14.3. The molecule has 0 fully saturated rings. The molecule has 0 atom stereocenters. The molecule has 0 unspecified atom stereocenters. The Morgan fingerprint density at radius 1 is 1.10 bits per heavy atom. The van der Waals surface area contributed by atoms with Crippen LogP contribution in [-0.2, 0) is 6.54 Å². The van der Waals surface area contributed by atoms with Crippen molar-refractivity contribution >= 4 is 11.3 Å². The van der Waals surface area contributed by atoms with Gasteiger partial charge in [0.25, 0.3) is 0 Å². The van der Waals surface area contributed by atoms with E-state index in [0.29, 0.717) is 0 Å². The lowest BCUT2D eigenvalue weighted by atomic mass is 10.3. The first-order valence-electron chi connectivity index (χ1n) is 7.05. The first-order valence-corrected chi connectivity index (χ1v) is 7.05. The van der Waals surface area contributed by atoms with Crippen LogP contribution in [0.4, 0.5) is 5.82 Å². The van der Waals surface area contributed by atoms with Gasteiger partial charge < -0.3 is 10.6 Å². The molecule has 0 aliphatic rings. The summed E-state index contributed by atoms with van der Waals surface area (Å²) in [6, 6.07) is 5.98. The lowest BCUT2D eigenvalue weighted by Crippen LogP contribution is -2.18. The molecule has 0 radical (unpaired) electrons. The van der Waals surface area contributed by atoms with Crippen LogP contribution in [0, 0.1) is 0 Å². The van der Waals surface area contributed by atoms with Gasteiger partial charge in [-0.05, 0) is 30.7 Å². The highest BCUT2D eigenvalue weighted by Gasteiger charge is 2.01. The zero-order valence-electron chi connectivity index (χ0n) is 11.7. The van der Waals surface area contributed by atoms with Crippen LogP contribution in [0.1, 0.15) is 12.0 Å². The van der Waals surface area contributed by atoms with E-state index in [4.69, 9.17) is 0 Å². The number of rotatable bonds is 7. The number of fused-ring (bicyclic) bond motifs is 1. The molecule has 6 heteroatoms. The number of anilines is 1. The summed E-state index contributed by atoms with van der Waals surface area (Å²) in [5.74, 6) is 0.877. The fourth-order valence-electron chi connectivity index (χ4n) is 2.15. The number of pyridine rings is 1. The van der Waals surface area contributed by atoms with Crippen LogP contribution in [0.25, 0.3) is 5.52 Å². The summed E-state index contributed by atoms with van der Waals surface area (Å²) in [7, 11) is 0. The van der Waals surface area contributed by atoms with Gasteiger partial charge in [0.15, 0.2) is 5.82 Å². The summed E-state index contributed by atoms with van der Waals surface area (Å²) in [4.78, 5) is 8.44. The fourth-order valence-corrected chi connectivity index (χ4v) is 2.15. The van der Waals surface area contributed by atoms with Crippen molar-refractivity contribution in [3.63, 3.8) is 0 Å². The average Bonchev–Trinajstić information content (AvgIpc) is 3.01. The minimum atomic E-state index is 0.851. The average molecular weight is 282 g/mol. The molecule has 3 aromatic heterocycles. The number of nitrogens with one attached hydrogen (secondary N) is 2. The maximum atomic E-state index is 4.34. The molecule has 0 aromatic carbocycles. The van der Waals surface area contributed by atoms with Crippen LogP contribution >= 0.6 is 0 Å². The Hall–Kier alpha value is -2.47. The van der Waals surface area contributed by atoms with Crippen molar-refractivity contribution in [2.45, 2.75) is 13.0 Å². The third-order valence-corrected chi connectivity index (χ3v) is 3.20. The Bertz CT molecular complexity index is 679. The van der Waals surface area contributed by atoms with Crippen LogP contribution in [0.3, 0.4) is 0 Å². The van der Waals surface area contributed by atoms with Gasteiger partial charge >= 0.3 is 0 Å². The molecule has 21 heavy (non-hydrogen) atoms. The molecule has 0 saturated heterocycles. The predicted molar refractivity (Wildman–Crippen MR) is 82.0 cm³/mol. The highest BCUT2D eigenvalue weighted by molar-refractivity contribution is 5.66. The highest BCUT2D eigenvalue weighted by Crippen LogP contribution is 2.11. The van der Waals surface area contributed by atoms with E-state index in [0.717, 1.165) is 37.4 Å². The fraction of sp³-hybridized carbons (Fsp3) is 0.267. The molecular weight excluding hydrogens is 264 g/mol. The van der Waals surface area contributed by atoms with Crippen molar-refractivity contribution < 1.29 is 0 Å². The molecule has 0 spiro atoms. The highest BCUT2D eigenvalue weighted by atomic mass is 15.2. The van der Waals surface area contributed by atoms with Gasteiger partial charge in [0.1, 0.15) is 5.52 Å². The van der Waals surface area contributed by atoms with E-state index in [9.17, 15) is 0 Å². The van der Waals surface area contributed by atoms with Crippen LogP contribution in [-0.4, -0.2) is 32.7 Å². The SMILES string of the molecule is c1cncc(CNCCCNc2nccn3nccc23)c1. The normalized spacial score (nSPS) is 10.9. The monoisotopic (exact) mass is 282 g/mol. The summed E-state index contributed by atoms with van der Waals surface area (Å²) < 4.78 is 1.82. The lowest BCUT2D eigenvalue weighted by molar-refractivity contribution is 0.661. The number of nitrogens with zero attached hydrogens (tertiary/aromatic N) is 4. The zero-order valence-corrected chi connectivity index (χ0v) is 11.7. The van der Waals surface area contributed by atoms with Gasteiger partial charge in [-0.1, -0.05) is 6.07 Å². The van der Waals surface area contributed by atoms with Crippen molar-refractivity contribution in [2.24, 2.45) is 0 Å². The van der Waals surface area contributed by atoms with Gasteiger partial charge in [-0.25, -0.2) is 9.50 Å².